The maximum atomic E-state index is 12.9. The average Bonchev–Trinajstić information content (AvgIpc) is 2.95. The van der Waals surface area contributed by atoms with Crippen LogP contribution < -0.4 is 9.64 Å². The monoisotopic (exact) mass is 389 g/mol. The quantitative estimate of drug-likeness (QED) is 0.735. The van der Waals surface area contributed by atoms with Gasteiger partial charge in [-0.1, -0.05) is 0 Å². The maximum Gasteiger partial charge on any atom is 0.410 e. The predicted molar refractivity (Wildman–Crippen MR) is 103 cm³/mol. The Morgan fingerprint density at radius 2 is 1.64 bits per heavy atom. The molecule has 8 nitrogen and oxygen atoms in total. The highest BCUT2D eigenvalue weighted by atomic mass is 16.6. The van der Waals surface area contributed by atoms with Gasteiger partial charge in [-0.05, 0) is 45.0 Å². The first kappa shape index (κ1) is 20.1. The van der Waals surface area contributed by atoms with Gasteiger partial charge < -0.3 is 14.4 Å². The summed E-state index contributed by atoms with van der Waals surface area (Å²) in [5.74, 6) is 0.230. The largest absolute Gasteiger partial charge is 0.497 e. The Bertz CT molecular complexity index is 748. The molecule has 0 radical (unpaired) electrons. The van der Waals surface area contributed by atoms with Crippen molar-refractivity contribution in [2.45, 2.75) is 38.8 Å². The van der Waals surface area contributed by atoms with Crippen molar-refractivity contribution < 1.29 is 23.9 Å². The van der Waals surface area contributed by atoms with Crippen molar-refractivity contribution in [3.63, 3.8) is 0 Å². The number of rotatable bonds is 3. The summed E-state index contributed by atoms with van der Waals surface area (Å²) >= 11 is 0. The van der Waals surface area contributed by atoms with Crippen molar-refractivity contribution in [3.05, 3.63) is 24.3 Å². The van der Waals surface area contributed by atoms with Crippen molar-refractivity contribution in [2.75, 3.05) is 38.2 Å². The molecule has 3 rings (SSSR count). The van der Waals surface area contributed by atoms with Gasteiger partial charge in [0.1, 0.15) is 11.4 Å². The van der Waals surface area contributed by atoms with Crippen LogP contribution in [0.25, 0.3) is 0 Å². The van der Waals surface area contributed by atoms with Crippen LogP contribution >= 0.6 is 0 Å². The lowest BCUT2D eigenvalue weighted by Gasteiger charge is -2.37. The third kappa shape index (κ3) is 4.27. The van der Waals surface area contributed by atoms with E-state index in [0.29, 0.717) is 37.6 Å². The second-order valence-electron chi connectivity index (χ2n) is 7.99. The Kier molecular flexibility index (Phi) is 5.60. The fourth-order valence-electron chi connectivity index (χ4n) is 3.45. The Morgan fingerprint density at radius 1 is 1.04 bits per heavy atom. The van der Waals surface area contributed by atoms with Gasteiger partial charge in [0.2, 0.25) is 5.91 Å². The first-order valence-electron chi connectivity index (χ1n) is 9.42. The van der Waals surface area contributed by atoms with Crippen molar-refractivity contribution in [1.82, 2.24) is 9.80 Å². The van der Waals surface area contributed by atoms with Crippen LogP contribution in [-0.2, 0) is 14.3 Å². The van der Waals surface area contributed by atoms with E-state index in [1.807, 2.05) is 25.7 Å². The molecule has 2 saturated heterocycles. The van der Waals surface area contributed by atoms with Gasteiger partial charge in [-0.15, -0.1) is 0 Å². The second-order valence-corrected chi connectivity index (χ2v) is 7.99. The minimum Gasteiger partial charge on any atom is -0.497 e. The third-order valence-corrected chi connectivity index (χ3v) is 4.86. The molecule has 152 valence electrons. The van der Waals surface area contributed by atoms with Gasteiger partial charge in [-0.25, -0.2) is 9.69 Å². The van der Waals surface area contributed by atoms with E-state index in [2.05, 4.69) is 0 Å². The SMILES string of the molecule is COc1ccc(N2C(=O)C[C@@H](N3CCN(C(=O)OC(C)(C)C)CC3)C2=O)cc1. The van der Waals surface area contributed by atoms with Crippen molar-refractivity contribution in [3.8, 4) is 5.75 Å². The van der Waals surface area contributed by atoms with Crippen LogP contribution in [0.3, 0.4) is 0 Å². The molecule has 0 bridgehead atoms. The van der Waals surface area contributed by atoms with Crippen molar-refractivity contribution >= 4 is 23.6 Å². The molecular weight excluding hydrogens is 362 g/mol. The minimum atomic E-state index is -0.541. The topological polar surface area (TPSA) is 79.4 Å². The molecule has 8 heteroatoms. The molecule has 1 aromatic rings. The normalized spacial score (nSPS) is 21.2. The molecule has 0 spiro atoms. The summed E-state index contributed by atoms with van der Waals surface area (Å²) in [6.45, 7) is 7.48. The van der Waals surface area contributed by atoms with E-state index >= 15 is 0 Å². The summed E-state index contributed by atoms with van der Waals surface area (Å²) in [4.78, 5) is 42.4. The van der Waals surface area contributed by atoms with Crippen LogP contribution in [0.2, 0.25) is 0 Å². The van der Waals surface area contributed by atoms with E-state index in [9.17, 15) is 14.4 Å². The summed E-state index contributed by atoms with van der Waals surface area (Å²) in [7, 11) is 1.56. The molecule has 1 aromatic carbocycles. The number of ether oxygens (including phenoxy) is 2. The molecule has 1 atom stereocenters. The highest BCUT2D eigenvalue weighted by molar-refractivity contribution is 6.22. The molecule has 0 aliphatic carbocycles. The van der Waals surface area contributed by atoms with Crippen LogP contribution in [0, 0.1) is 0 Å². The van der Waals surface area contributed by atoms with Crippen molar-refractivity contribution in [2.24, 2.45) is 0 Å². The lowest BCUT2D eigenvalue weighted by atomic mass is 10.1. The van der Waals surface area contributed by atoms with E-state index in [0.717, 1.165) is 0 Å². The van der Waals surface area contributed by atoms with Crippen LogP contribution in [0.15, 0.2) is 24.3 Å². The van der Waals surface area contributed by atoms with Crippen LogP contribution in [0.5, 0.6) is 5.75 Å². The summed E-state index contributed by atoms with van der Waals surface area (Å²) in [5.41, 5.74) is 0.00618. The Balaban J connectivity index is 1.62. The fraction of sp³-hybridized carbons (Fsp3) is 0.550. The van der Waals surface area contributed by atoms with Gasteiger partial charge >= 0.3 is 6.09 Å². The molecule has 0 unspecified atom stereocenters. The number of hydrogen-bond donors (Lipinski definition) is 0. The number of imide groups is 1. The maximum absolute atomic E-state index is 12.9. The Hall–Kier alpha value is -2.61. The van der Waals surface area contributed by atoms with E-state index in [-0.39, 0.29) is 24.3 Å². The summed E-state index contributed by atoms with van der Waals surface area (Å²) in [5, 5.41) is 0. The second kappa shape index (κ2) is 7.79. The number of anilines is 1. The molecule has 2 aliphatic rings. The summed E-state index contributed by atoms with van der Waals surface area (Å²) in [6.07, 6.45) is -0.196. The number of benzene rings is 1. The highest BCUT2D eigenvalue weighted by Gasteiger charge is 2.43. The number of methoxy groups -OCH3 is 1. The predicted octanol–water partition coefficient (Wildman–Crippen LogP) is 1.88. The summed E-state index contributed by atoms with van der Waals surface area (Å²) < 4.78 is 10.5. The number of hydrogen-bond acceptors (Lipinski definition) is 6. The number of nitrogens with zero attached hydrogens (tertiary/aromatic N) is 3. The summed E-state index contributed by atoms with van der Waals surface area (Å²) in [6, 6.07) is 6.37. The van der Waals surface area contributed by atoms with Crippen LogP contribution in [0.1, 0.15) is 27.2 Å². The molecule has 0 N–H and O–H groups in total. The third-order valence-electron chi connectivity index (χ3n) is 4.86. The van der Waals surface area contributed by atoms with Gasteiger partial charge in [-0.3, -0.25) is 14.5 Å². The molecule has 0 saturated carbocycles. The Morgan fingerprint density at radius 3 is 2.18 bits per heavy atom. The number of amides is 3. The van der Waals surface area contributed by atoms with E-state index in [4.69, 9.17) is 9.47 Å². The molecule has 2 fully saturated rings. The van der Waals surface area contributed by atoms with Gasteiger partial charge in [0.25, 0.3) is 5.91 Å². The molecule has 0 aromatic heterocycles. The zero-order valence-electron chi connectivity index (χ0n) is 16.8. The molecule has 28 heavy (non-hydrogen) atoms. The number of carbonyl (C=O) groups is 3. The number of piperazine rings is 1. The van der Waals surface area contributed by atoms with Gasteiger partial charge in [0, 0.05) is 26.2 Å². The van der Waals surface area contributed by atoms with Crippen molar-refractivity contribution in [1.29, 1.82) is 0 Å². The first-order chi connectivity index (χ1) is 13.2. The van der Waals surface area contributed by atoms with E-state index < -0.39 is 11.6 Å². The standard InChI is InChI=1S/C20H27N3O5/c1-20(2,3)28-19(26)22-11-9-21(10-12-22)16-13-17(24)23(18(16)25)14-5-7-15(27-4)8-6-14/h5-8,16H,9-13H2,1-4H3/t16-/m1/s1. The highest BCUT2D eigenvalue weighted by Crippen LogP contribution is 2.28. The van der Waals surface area contributed by atoms with Gasteiger partial charge in [-0.2, -0.15) is 0 Å². The van der Waals surface area contributed by atoms with E-state index in [1.165, 1.54) is 4.90 Å². The van der Waals surface area contributed by atoms with Crippen LogP contribution in [-0.4, -0.2) is 72.6 Å². The zero-order valence-corrected chi connectivity index (χ0v) is 16.8. The average molecular weight is 389 g/mol. The lowest BCUT2D eigenvalue weighted by Crippen LogP contribution is -2.54. The van der Waals surface area contributed by atoms with Gasteiger partial charge in [0.05, 0.1) is 25.3 Å². The van der Waals surface area contributed by atoms with E-state index in [1.54, 1.807) is 36.3 Å². The van der Waals surface area contributed by atoms with Gasteiger partial charge in [0.15, 0.2) is 0 Å². The minimum absolute atomic E-state index is 0.150. The molecule has 2 heterocycles. The zero-order chi connectivity index (χ0) is 20.5. The molecule has 2 aliphatic heterocycles. The fourth-order valence-corrected chi connectivity index (χ4v) is 3.45. The smallest absolute Gasteiger partial charge is 0.410 e. The lowest BCUT2D eigenvalue weighted by molar-refractivity contribution is -0.123. The first-order valence-corrected chi connectivity index (χ1v) is 9.42. The van der Waals surface area contributed by atoms with Crippen LogP contribution in [0.4, 0.5) is 10.5 Å². The number of carbonyl (C=O) groups excluding carboxylic acids is 3. The Labute approximate surface area is 165 Å². The molecule has 3 amide bonds. The molecular formula is C20H27N3O5.